The average Bonchev–Trinajstić information content (AvgIpc) is 2.59. The molecular weight excluding hydrogens is 301 g/mol. The van der Waals surface area contributed by atoms with Gasteiger partial charge >= 0.3 is 0 Å². The minimum absolute atomic E-state index is 0.0173. The summed E-state index contributed by atoms with van der Waals surface area (Å²) in [7, 11) is 0. The molecule has 1 atom stereocenters. The van der Waals surface area contributed by atoms with Gasteiger partial charge in [0.1, 0.15) is 3.70 Å². The fraction of sp³-hybridized carbons (Fsp3) is 0.667. The second-order valence-corrected chi connectivity index (χ2v) is 4.93. The Balaban J connectivity index is 1.94. The number of alkyl halides is 2. The predicted octanol–water partition coefficient (Wildman–Crippen LogP) is 2.92. The van der Waals surface area contributed by atoms with Gasteiger partial charge in [0.05, 0.1) is 0 Å². The van der Waals surface area contributed by atoms with Gasteiger partial charge in [-0.2, -0.15) is 5.10 Å². The molecule has 1 aliphatic rings. The van der Waals surface area contributed by atoms with Crippen molar-refractivity contribution in [2.45, 2.75) is 31.7 Å². The van der Waals surface area contributed by atoms with Gasteiger partial charge < -0.3 is 0 Å². The van der Waals surface area contributed by atoms with E-state index in [0.29, 0.717) is 13.0 Å². The van der Waals surface area contributed by atoms with E-state index in [4.69, 9.17) is 0 Å². The number of aromatic nitrogens is 2. The highest BCUT2D eigenvalue weighted by atomic mass is 127. The normalized spacial score (nSPS) is 25.5. The van der Waals surface area contributed by atoms with Crippen LogP contribution in [0.15, 0.2) is 12.3 Å². The molecule has 2 nitrogen and oxygen atoms in total. The van der Waals surface area contributed by atoms with Gasteiger partial charge in [-0.1, -0.05) is 0 Å². The molecule has 0 saturated heterocycles. The Kier molecular flexibility index (Phi) is 2.77. The maximum Gasteiger partial charge on any atom is 0.248 e. The van der Waals surface area contributed by atoms with Gasteiger partial charge in [-0.05, 0) is 41.0 Å². The standard InChI is InChI=1S/C9H11F2IN2/c10-9(11)3-1-7(5-9)6-14-4-2-8(12)13-14/h2,4,7H,1,3,5-6H2. The molecular formula is C9H11F2IN2. The summed E-state index contributed by atoms with van der Waals surface area (Å²) in [6.45, 7) is 0.624. The van der Waals surface area contributed by atoms with Gasteiger partial charge in [0.2, 0.25) is 5.92 Å². The number of rotatable bonds is 2. The van der Waals surface area contributed by atoms with Gasteiger partial charge in [-0.3, -0.25) is 4.68 Å². The summed E-state index contributed by atoms with van der Waals surface area (Å²) in [5.74, 6) is -2.36. The van der Waals surface area contributed by atoms with E-state index in [2.05, 4.69) is 27.7 Å². The number of halogens is 3. The first-order valence-electron chi connectivity index (χ1n) is 4.62. The molecule has 0 spiro atoms. The molecule has 1 aromatic heterocycles. The van der Waals surface area contributed by atoms with E-state index in [9.17, 15) is 8.78 Å². The minimum Gasteiger partial charge on any atom is -0.271 e. The van der Waals surface area contributed by atoms with Crippen molar-refractivity contribution in [2.75, 3.05) is 0 Å². The molecule has 1 unspecified atom stereocenters. The molecule has 0 aromatic carbocycles. The summed E-state index contributed by atoms with van der Waals surface area (Å²) in [5.41, 5.74) is 0. The van der Waals surface area contributed by atoms with Crippen molar-refractivity contribution in [1.29, 1.82) is 0 Å². The van der Waals surface area contributed by atoms with Gasteiger partial charge in [0.15, 0.2) is 0 Å². The molecule has 0 bridgehead atoms. The topological polar surface area (TPSA) is 17.8 Å². The number of hydrogen-bond donors (Lipinski definition) is 0. The molecule has 1 aromatic rings. The average molecular weight is 312 g/mol. The Bertz CT molecular complexity index is 324. The van der Waals surface area contributed by atoms with Gasteiger partial charge in [-0.25, -0.2) is 8.78 Å². The van der Waals surface area contributed by atoms with Gasteiger partial charge in [0, 0.05) is 25.6 Å². The van der Waals surface area contributed by atoms with E-state index in [1.807, 2.05) is 12.3 Å². The smallest absolute Gasteiger partial charge is 0.248 e. The Morgan fingerprint density at radius 3 is 2.93 bits per heavy atom. The summed E-state index contributed by atoms with van der Waals surface area (Å²) in [6, 6.07) is 1.88. The lowest BCUT2D eigenvalue weighted by Gasteiger charge is -2.10. The van der Waals surface area contributed by atoms with Crippen molar-refractivity contribution in [3.8, 4) is 0 Å². The monoisotopic (exact) mass is 312 g/mol. The minimum atomic E-state index is -2.44. The van der Waals surface area contributed by atoms with Crippen LogP contribution < -0.4 is 0 Å². The Hall–Kier alpha value is -0.200. The van der Waals surface area contributed by atoms with Crippen LogP contribution in [0.4, 0.5) is 8.78 Å². The molecule has 78 valence electrons. The first kappa shape index (κ1) is 10.3. The summed E-state index contributed by atoms with van der Waals surface area (Å²) in [4.78, 5) is 0. The molecule has 0 aliphatic heterocycles. The molecule has 0 N–H and O–H groups in total. The quantitative estimate of drug-likeness (QED) is 0.768. The Labute approximate surface area is 94.8 Å². The SMILES string of the molecule is FC1(F)CCC(Cn2ccc(I)n2)C1. The van der Waals surface area contributed by atoms with E-state index < -0.39 is 5.92 Å². The zero-order valence-corrected chi connectivity index (χ0v) is 9.75. The van der Waals surface area contributed by atoms with Crippen LogP contribution in [-0.2, 0) is 6.54 Å². The molecule has 14 heavy (non-hydrogen) atoms. The first-order chi connectivity index (χ1) is 6.55. The molecule has 1 fully saturated rings. The molecule has 2 rings (SSSR count). The molecule has 1 saturated carbocycles. The van der Waals surface area contributed by atoms with E-state index in [0.717, 1.165) is 3.70 Å². The summed E-state index contributed by atoms with van der Waals surface area (Å²) in [6.07, 6.45) is 2.52. The summed E-state index contributed by atoms with van der Waals surface area (Å²) >= 11 is 2.11. The predicted molar refractivity (Wildman–Crippen MR) is 57.2 cm³/mol. The lowest BCUT2D eigenvalue weighted by Crippen LogP contribution is -2.13. The van der Waals surface area contributed by atoms with Crippen LogP contribution in [0.25, 0.3) is 0 Å². The molecule has 1 aliphatic carbocycles. The van der Waals surface area contributed by atoms with Crippen LogP contribution in [0, 0.1) is 9.62 Å². The third-order valence-electron chi connectivity index (χ3n) is 2.56. The summed E-state index contributed by atoms with van der Waals surface area (Å²) in [5, 5.41) is 4.18. The zero-order chi connectivity index (χ0) is 10.2. The van der Waals surface area contributed by atoms with Crippen molar-refractivity contribution >= 4 is 22.6 Å². The van der Waals surface area contributed by atoms with Crippen LogP contribution >= 0.6 is 22.6 Å². The largest absolute Gasteiger partial charge is 0.271 e. The van der Waals surface area contributed by atoms with E-state index in [-0.39, 0.29) is 18.8 Å². The first-order valence-corrected chi connectivity index (χ1v) is 5.70. The second kappa shape index (κ2) is 3.75. The number of nitrogens with zero attached hydrogens (tertiary/aromatic N) is 2. The maximum absolute atomic E-state index is 12.9. The highest BCUT2D eigenvalue weighted by Crippen LogP contribution is 2.39. The fourth-order valence-corrected chi connectivity index (χ4v) is 2.34. The lowest BCUT2D eigenvalue weighted by atomic mass is 10.1. The Morgan fingerprint density at radius 2 is 2.43 bits per heavy atom. The lowest BCUT2D eigenvalue weighted by molar-refractivity contribution is 0.00422. The van der Waals surface area contributed by atoms with Crippen molar-refractivity contribution in [2.24, 2.45) is 5.92 Å². The molecule has 1 heterocycles. The second-order valence-electron chi connectivity index (χ2n) is 3.83. The maximum atomic E-state index is 12.9. The fourth-order valence-electron chi connectivity index (χ4n) is 1.90. The van der Waals surface area contributed by atoms with Crippen molar-refractivity contribution < 1.29 is 8.78 Å². The number of hydrogen-bond acceptors (Lipinski definition) is 1. The van der Waals surface area contributed by atoms with Crippen LogP contribution in [0.2, 0.25) is 0 Å². The third kappa shape index (κ3) is 2.43. The molecule has 0 radical (unpaired) electrons. The van der Waals surface area contributed by atoms with E-state index in [1.165, 1.54) is 0 Å². The van der Waals surface area contributed by atoms with Crippen LogP contribution in [-0.4, -0.2) is 15.7 Å². The summed E-state index contributed by atoms with van der Waals surface area (Å²) < 4.78 is 28.4. The molecule has 5 heteroatoms. The highest BCUT2D eigenvalue weighted by molar-refractivity contribution is 14.1. The third-order valence-corrected chi connectivity index (χ3v) is 3.13. The highest BCUT2D eigenvalue weighted by Gasteiger charge is 2.39. The zero-order valence-electron chi connectivity index (χ0n) is 7.59. The van der Waals surface area contributed by atoms with Crippen molar-refractivity contribution in [3.05, 3.63) is 16.0 Å². The Morgan fingerprint density at radius 1 is 1.64 bits per heavy atom. The van der Waals surface area contributed by atoms with Crippen LogP contribution in [0.3, 0.4) is 0 Å². The van der Waals surface area contributed by atoms with Gasteiger partial charge in [0.25, 0.3) is 0 Å². The van der Waals surface area contributed by atoms with Crippen molar-refractivity contribution in [1.82, 2.24) is 9.78 Å². The molecule has 0 amide bonds. The van der Waals surface area contributed by atoms with E-state index >= 15 is 0 Å². The van der Waals surface area contributed by atoms with Gasteiger partial charge in [-0.15, -0.1) is 0 Å². The van der Waals surface area contributed by atoms with Crippen LogP contribution in [0.1, 0.15) is 19.3 Å². The van der Waals surface area contributed by atoms with Crippen molar-refractivity contribution in [3.63, 3.8) is 0 Å². The van der Waals surface area contributed by atoms with E-state index in [1.54, 1.807) is 4.68 Å². The van der Waals surface area contributed by atoms with Crippen LogP contribution in [0.5, 0.6) is 0 Å².